The Hall–Kier alpha value is -1.70. The first kappa shape index (κ1) is 11.8. The highest BCUT2D eigenvalue weighted by Crippen LogP contribution is 2.34. The number of aliphatic hydroxyl groups excluding tert-OH is 1. The van der Waals surface area contributed by atoms with E-state index in [4.69, 9.17) is 0 Å². The zero-order valence-electron chi connectivity index (χ0n) is 8.39. The zero-order chi connectivity index (χ0) is 12.6. The summed E-state index contributed by atoms with van der Waals surface area (Å²) in [7, 11) is -4.12. The van der Waals surface area contributed by atoms with Crippen molar-refractivity contribution in [1.82, 2.24) is 4.98 Å². The van der Waals surface area contributed by atoms with E-state index in [0.29, 0.717) is 0 Å². The molecule has 2 rings (SSSR count). The van der Waals surface area contributed by atoms with Gasteiger partial charge >= 0.3 is 0 Å². The molecule has 1 aromatic heterocycles. The van der Waals surface area contributed by atoms with Gasteiger partial charge in [0.05, 0.1) is 12.1 Å². The van der Waals surface area contributed by atoms with Gasteiger partial charge in [-0.15, -0.1) is 0 Å². The lowest BCUT2D eigenvalue weighted by molar-refractivity contribution is 0.150. The number of nitrogens with one attached hydrogen (secondary N) is 1. The average Bonchev–Trinajstić information content (AvgIpc) is 2.23. The molecule has 0 amide bonds. The van der Waals surface area contributed by atoms with Crippen LogP contribution >= 0.6 is 0 Å². The first-order chi connectivity index (χ1) is 7.92. The fourth-order valence-electron chi connectivity index (χ4n) is 1.49. The molecule has 0 radical (unpaired) electrons. The van der Waals surface area contributed by atoms with Gasteiger partial charge in [0, 0.05) is 6.20 Å². The molecule has 92 valence electrons. The predicted octanol–water partition coefficient (Wildman–Crippen LogP) is 1.72. The first-order valence-corrected chi connectivity index (χ1v) is 6.08. The van der Waals surface area contributed by atoms with Crippen molar-refractivity contribution in [2.45, 2.75) is 12.8 Å². The second kappa shape index (κ2) is 3.95. The van der Waals surface area contributed by atoms with Gasteiger partial charge in [0.1, 0.15) is 10.6 Å². The number of rotatable bonds is 2. The molecule has 8 heteroatoms. The minimum atomic E-state index is -4.12. The van der Waals surface area contributed by atoms with Crippen LogP contribution in [0.1, 0.15) is 12.1 Å². The molecule has 2 heterocycles. The molecule has 0 aliphatic carbocycles. The number of hydrogen-bond donors (Lipinski definition) is 2. The maximum atomic E-state index is 12.3. The maximum Gasteiger partial charge on any atom is 0.262 e. The van der Waals surface area contributed by atoms with Gasteiger partial charge in [0.15, 0.2) is 5.76 Å². The zero-order valence-corrected chi connectivity index (χ0v) is 9.21. The van der Waals surface area contributed by atoms with Crippen molar-refractivity contribution in [3.63, 3.8) is 0 Å². The molecule has 0 saturated carbocycles. The summed E-state index contributed by atoms with van der Waals surface area (Å²) in [5.74, 6) is -0.723. The number of anilines is 1. The van der Waals surface area contributed by atoms with Crippen LogP contribution < -0.4 is 4.72 Å². The third kappa shape index (κ3) is 2.07. The largest absolute Gasteiger partial charge is 0.505 e. The molecule has 0 fully saturated rings. The van der Waals surface area contributed by atoms with E-state index in [2.05, 4.69) is 9.71 Å². The minimum absolute atomic E-state index is 0.0435. The van der Waals surface area contributed by atoms with E-state index in [0.717, 1.165) is 0 Å². The molecule has 0 atom stereocenters. The molecule has 17 heavy (non-hydrogen) atoms. The summed E-state index contributed by atoms with van der Waals surface area (Å²) in [5, 5.41) is 9.67. The topological polar surface area (TPSA) is 79.3 Å². The van der Waals surface area contributed by atoms with Crippen molar-refractivity contribution < 1.29 is 22.3 Å². The number of hydrogen-bond acceptors (Lipinski definition) is 4. The molecule has 2 N–H and O–H groups in total. The molecule has 0 aromatic carbocycles. The van der Waals surface area contributed by atoms with Crippen molar-refractivity contribution in [2.75, 3.05) is 4.72 Å². The molecule has 1 aliphatic heterocycles. The number of halogens is 2. The number of alkyl halides is 2. The summed E-state index contributed by atoms with van der Waals surface area (Å²) in [5.41, 5.74) is 0.0287. The lowest BCUT2D eigenvalue weighted by Gasteiger charge is -2.20. The number of aliphatic hydroxyl groups is 1. The lowest BCUT2D eigenvalue weighted by Crippen LogP contribution is -2.23. The van der Waals surface area contributed by atoms with Crippen LogP contribution in [0.25, 0.3) is 5.76 Å². The van der Waals surface area contributed by atoms with E-state index in [9.17, 15) is 22.3 Å². The SMILES string of the molecule is O=S1(=O)Nc2cccnc2C(O)=C1CC(F)F. The summed E-state index contributed by atoms with van der Waals surface area (Å²) < 4.78 is 49.8. The molecule has 0 unspecified atom stereocenters. The van der Waals surface area contributed by atoms with Gasteiger partial charge in [-0.1, -0.05) is 0 Å². The van der Waals surface area contributed by atoms with Gasteiger partial charge in [-0.05, 0) is 12.1 Å². The summed E-state index contributed by atoms with van der Waals surface area (Å²) in [4.78, 5) is 3.01. The number of sulfonamides is 1. The highest BCUT2D eigenvalue weighted by atomic mass is 32.2. The molecule has 0 bridgehead atoms. The van der Waals surface area contributed by atoms with Crippen LogP contribution in [0.4, 0.5) is 14.5 Å². The van der Waals surface area contributed by atoms with Crippen molar-refractivity contribution in [1.29, 1.82) is 0 Å². The second-order valence-electron chi connectivity index (χ2n) is 3.37. The smallest absolute Gasteiger partial charge is 0.262 e. The van der Waals surface area contributed by atoms with E-state index in [1.165, 1.54) is 18.3 Å². The Balaban J connectivity index is 2.61. The van der Waals surface area contributed by atoms with Crippen LogP contribution in [0.15, 0.2) is 23.2 Å². The van der Waals surface area contributed by atoms with Crippen molar-refractivity contribution in [2.24, 2.45) is 0 Å². The number of aromatic nitrogens is 1. The third-order valence-electron chi connectivity index (χ3n) is 2.20. The van der Waals surface area contributed by atoms with Gasteiger partial charge in [-0.2, -0.15) is 0 Å². The molecule has 1 aliphatic rings. The fourth-order valence-corrected chi connectivity index (χ4v) is 2.76. The van der Waals surface area contributed by atoms with E-state index < -0.39 is 33.5 Å². The predicted molar refractivity (Wildman–Crippen MR) is 56.9 cm³/mol. The summed E-state index contributed by atoms with van der Waals surface area (Å²) in [6.07, 6.45) is -2.58. The van der Waals surface area contributed by atoms with Crippen LogP contribution in [-0.2, 0) is 10.0 Å². The van der Waals surface area contributed by atoms with Crippen LogP contribution in [0.5, 0.6) is 0 Å². The van der Waals surface area contributed by atoms with Gasteiger partial charge in [-0.3, -0.25) is 9.71 Å². The van der Waals surface area contributed by atoms with Crippen molar-refractivity contribution >= 4 is 21.5 Å². The highest BCUT2D eigenvalue weighted by molar-refractivity contribution is 7.96. The monoisotopic (exact) mass is 262 g/mol. The number of allylic oxidation sites excluding steroid dienone is 1. The van der Waals surface area contributed by atoms with Gasteiger partial charge in [-0.25, -0.2) is 17.2 Å². The molecular weight excluding hydrogens is 254 g/mol. The minimum Gasteiger partial charge on any atom is -0.505 e. The Kier molecular flexibility index (Phi) is 2.74. The van der Waals surface area contributed by atoms with Gasteiger partial charge in [0.2, 0.25) is 6.43 Å². The van der Waals surface area contributed by atoms with Crippen molar-refractivity contribution in [3.05, 3.63) is 28.9 Å². The van der Waals surface area contributed by atoms with Crippen LogP contribution in [0.3, 0.4) is 0 Å². The molecule has 0 spiro atoms. The van der Waals surface area contributed by atoms with E-state index >= 15 is 0 Å². The second-order valence-corrected chi connectivity index (χ2v) is 5.08. The van der Waals surface area contributed by atoms with E-state index in [1.807, 2.05) is 0 Å². The average molecular weight is 262 g/mol. The fraction of sp³-hybridized carbons (Fsp3) is 0.222. The number of pyridine rings is 1. The summed E-state index contributed by atoms with van der Waals surface area (Å²) in [6, 6.07) is 2.85. The standard InChI is InChI=1S/C9H8F2N2O3S/c10-7(11)4-6-9(14)8-5(2-1-3-12-8)13-17(6,15)16/h1-3,7,13-14H,4H2. The van der Waals surface area contributed by atoms with Crippen LogP contribution in [0.2, 0.25) is 0 Å². The molecular formula is C9H8F2N2O3S. The Labute approximate surface area is 95.9 Å². The van der Waals surface area contributed by atoms with E-state index in [-0.39, 0.29) is 11.4 Å². The lowest BCUT2D eigenvalue weighted by atomic mass is 10.2. The number of nitrogens with zero attached hydrogens (tertiary/aromatic N) is 1. The Bertz CT molecular complexity index is 584. The summed E-state index contributed by atoms with van der Waals surface area (Å²) in [6.45, 7) is 0. The highest BCUT2D eigenvalue weighted by Gasteiger charge is 2.32. The third-order valence-corrected chi connectivity index (χ3v) is 3.70. The van der Waals surface area contributed by atoms with Gasteiger partial charge < -0.3 is 5.11 Å². The maximum absolute atomic E-state index is 12.3. The van der Waals surface area contributed by atoms with Crippen molar-refractivity contribution in [3.8, 4) is 0 Å². The van der Waals surface area contributed by atoms with Crippen LogP contribution in [-0.4, -0.2) is 24.9 Å². The molecule has 5 nitrogen and oxygen atoms in total. The molecule has 1 aromatic rings. The Morgan fingerprint density at radius 1 is 1.47 bits per heavy atom. The Morgan fingerprint density at radius 2 is 2.18 bits per heavy atom. The first-order valence-electron chi connectivity index (χ1n) is 4.60. The number of fused-ring (bicyclic) bond motifs is 1. The molecule has 0 saturated heterocycles. The summed E-state index contributed by atoms with van der Waals surface area (Å²) >= 11 is 0. The quantitative estimate of drug-likeness (QED) is 0.850. The van der Waals surface area contributed by atoms with Gasteiger partial charge in [0.25, 0.3) is 10.0 Å². The van der Waals surface area contributed by atoms with E-state index in [1.54, 1.807) is 0 Å². The normalized spacial score (nSPS) is 17.8. The van der Waals surface area contributed by atoms with Crippen LogP contribution in [0, 0.1) is 0 Å². The Morgan fingerprint density at radius 3 is 2.82 bits per heavy atom.